The molecule has 2 amide bonds. The Labute approximate surface area is 135 Å². The summed E-state index contributed by atoms with van der Waals surface area (Å²) in [6.07, 6.45) is 2.03. The molecule has 3 N–H and O–H groups in total. The average Bonchev–Trinajstić information content (AvgIpc) is 3.40. The first-order chi connectivity index (χ1) is 11.2. The van der Waals surface area contributed by atoms with E-state index in [2.05, 4.69) is 16.2 Å². The monoisotopic (exact) mass is 309 g/mol. The van der Waals surface area contributed by atoms with Crippen molar-refractivity contribution in [3.8, 4) is 0 Å². The maximum Gasteiger partial charge on any atom is 0.265 e. The smallest absolute Gasteiger partial charge is 0.265 e. The highest BCUT2D eigenvalue weighted by molar-refractivity contribution is 5.94. The van der Waals surface area contributed by atoms with E-state index in [1.54, 1.807) is 24.3 Å². The predicted octanol–water partition coefficient (Wildman–Crippen LogP) is 1.94. The Morgan fingerprint density at radius 3 is 2.13 bits per heavy atom. The standard InChI is InChI=1S/C18H19N3O2/c22-17(14-9-5-2-6-10-14)21-20-16(13-7-3-1-4-8-13)18(23)19-15-11-12-15/h1-10,15-16,20H,11-12H2,(H,19,23)(H,21,22). The molecule has 0 heterocycles. The first-order valence-electron chi connectivity index (χ1n) is 7.70. The van der Waals surface area contributed by atoms with E-state index in [-0.39, 0.29) is 17.9 Å². The van der Waals surface area contributed by atoms with Gasteiger partial charge in [0.1, 0.15) is 6.04 Å². The summed E-state index contributed by atoms with van der Waals surface area (Å²) in [5, 5.41) is 2.96. The third kappa shape index (κ3) is 4.17. The van der Waals surface area contributed by atoms with Gasteiger partial charge in [0.15, 0.2) is 0 Å². The van der Waals surface area contributed by atoms with Crippen LogP contribution in [-0.4, -0.2) is 17.9 Å². The van der Waals surface area contributed by atoms with E-state index in [9.17, 15) is 9.59 Å². The summed E-state index contributed by atoms with van der Waals surface area (Å²) in [4.78, 5) is 24.6. The maximum atomic E-state index is 12.4. The first kappa shape index (κ1) is 15.2. The summed E-state index contributed by atoms with van der Waals surface area (Å²) in [5.41, 5.74) is 6.82. The van der Waals surface area contributed by atoms with E-state index >= 15 is 0 Å². The second-order valence-electron chi connectivity index (χ2n) is 5.59. The minimum absolute atomic E-state index is 0.132. The van der Waals surface area contributed by atoms with Crippen molar-refractivity contribution < 1.29 is 9.59 Å². The topological polar surface area (TPSA) is 70.2 Å². The number of benzene rings is 2. The van der Waals surface area contributed by atoms with E-state index in [0.717, 1.165) is 18.4 Å². The van der Waals surface area contributed by atoms with Crippen molar-refractivity contribution >= 4 is 11.8 Å². The van der Waals surface area contributed by atoms with Crippen LogP contribution in [0.4, 0.5) is 0 Å². The van der Waals surface area contributed by atoms with Crippen molar-refractivity contribution in [3.63, 3.8) is 0 Å². The van der Waals surface area contributed by atoms with Crippen LogP contribution in [0, 0.1) is 0 Å². The second-order valence-corrected chi connectivity index (χ2v) is 5.59. The van der Waals surface area contributed by atoms with Gasteiger partial charge in [0.2, 0.25) is 5.91 Å². The van der Waals surface area contributed by atoms with Crippen molar-refractivity contribution in [2.75, 3.05) is 0 Å². The summed E-state index contributed by atoms with van der Waals surface area (Å²) >= 11 is 0. The van der Waals surface area contributed by atoms with Crippen molar-refractivity contribution in [1.82, 2.24) is 16.2 Å². The molecular formula is C18H19N3O2. The molecule has 0 saturated heterocycles. The van der Waals surface area contributed by atoms with Gasteiger partial charge in [-0.3, -0.25) is 15.0 Å². The molecule has 5 heteroatoms. The summed E-state index contributed by atoms with van der Waals surface area (Å²) < 4.78 is 0. The fraction of sp³-hybridized carbons (Fsp3) is 0.222. The lowest BCUT2D eigenvalue weighted by Crippen LogP contribution is -2.46. The van der Waals surface area contributed by atoms with Crippen molar-refractivity contribution in [3.05, 3.63) is 71.8 Å². The lowest BCUT2D eigenvalue weighted by molar-refractivity contribution is -0.123. The molecule has 1 fully saturated rings. The molecule has 0 bridgehead atoms. The second kappa shape index (κ2) is 7.07. The van der Waals surface area contributed by atoms with Crippen molar-refractivity contribution in [2.45, 2.75) is 24.9 Å². The van der Waals surface area contributed by atoms with Gasteiger partial charge in [-0.15, -0.1) is 0 Å². The van der Waals surface area contributed by atoms with Gasteiger partial charge in [-0.25, -0.2) is 5.43 Å². The number of carbonyl (C=O) groups is 2. The van der Waals surface area contributed by atoms with Crippen LogP contribution in [0.3, 0.4) is 0 Å². The van der Waals surface area contributed by atoms with Gasteiger partial charge in [0.25, 0.3) is 5.91 Å². The fourth-order valence-corrected chi connectivity index (χ4v) is 2.26. The van der Waals surface area contributed by atoms with Crippen LogP contribution in [0.25, 0.3) is 0 Å². The van der Waals surface area contributed by atoms with Gasteiger partial charge in [0, 0.05) is 11.6 Å². The number of amides is 2. The minimum atomic E-state index is -0.621. The first-order valence-corrected chi connectivity index (χ1v) is 7.70. The normalized spacial score (nSPS) is 14.8. The molecule has 23 heavy (non-hydrogen) atoms. The quantitative estimate of drug-likeness (QED) is 0.714. The highest BCUT2D eigenvalue weighted by Crippen LogP contribution is 2.21. The molecule has 3 rings (SSSR count). The molecule has 2 aromatic carbocycles. The Morgan fingerprint density at radius 2 is 1.52 bits per heavy atom. The van der Waals surface area contributed by atoms with Crippen LogP contribution in [0.15, 0.2) is 60.7 Å². The predicted molar refractivity (Wildman–Crippen MR) is 87.4 cm³/mol. The van der Waals surface area contributed by atoms with Gasteiger partial charge < -0.3 is 5.32 Å². The number of nitrogens with one attached hydrogen (secondary N) is 3. The largest absolute Gasteiger partial charge is 0.352 e. The molecule has 1 aliphatic rings. The zero-order chi connectivity index (χ0) is 16.1. The number of hydrogen-bond donors (Lipinski definition) is 3. The fourth-order valence-electron chi connectivity index (χ4n) is 2.26. The number of hydrazine groups is 1. The van der Waals surface area contributed by atoms with Crippen LogP contribution >= 0.6 is 0 Å². The van der Waals surface area contributed by atoms with Crippen LogP contribution < -0.4 is 16.2 Å². The molecule has 1 unspecified atom stereocenters. The Balaban J connectivity index is 1.68. The Kier molecular flexibility index (Phi) is 4.68. The molecule has 1 saturated carbocycles. The molecule has 0 aliphatic heterocycles. The molecule has 1 atom stereocenters. The summed E-state index contributed by atoms with van der Waals surface area (Å²) in [6, 6.07) is 17.9. The highest BCUT2D eigenvalue weighted by Gasteiger charge is 2.28. The molecule has 0 aromatic heterocycles. The summed E-state index contributed by atoms with van der Waals surface area (Å²) in [7, 11) is 0. The van der Waals surface area contributed by atoms with E-state index in [4.69, 9.17) is 0 Å². The van der Waals surface area contributed by atoms with E-state index in [1.807, 2.05) is 36.4 Å². The van der Waals surface area contributed by atoms with Crippen LogP contribution in [0.1, 0.15) is 34.8 Å². The van der Waals surface area contributed by atoms with Gasteiger partial charge >= 0.3 is 0 Å². The molecule has 118 valence electrons. The van der Waals surface area contributed by atoms with E-state index < -0.39 is 6.04 Å². The Hall–Kier alpha value is -2.66. The highest BCUT2D eigenvalue weighted by atomic mass is 16.2. The van der Waals surface area contributed by atoms with E-state index in [0.29, 0.717) is 5.56 Å². The van der Waals surface area contributed by atoms with Gasteiger partial charge in [-0.2, -0.15) is 0 Å². The van der Waals surface area contributed by atoms with Crippen molar-refractivity contribution in [1.29, 1.82) is 0 Å². The third-order valence-corrected chi connectivity index (χ3v) is 3.68. The van der Waals surface area contributed by atoms with E-state index in [1.165, 1.54) is 0 Å². The van der Waals surface area contributed by atoms with Crippen molar-refractivity contribution in [2.24, 2.45) is 0 Å². The molecule has 5 nitrogen and oxygen atoms in total. The Bertz CT molecular complexity index is 669. The van der Waals surface area contributed by atoms with Gasteiger partial charge in [-0.1, -0.05) is 48.5 Å². The average molecular weight is 309 g/mol. The lowest BCUT2D eigenvalue weighted by atomic mass is 10.1. The molecule has 0 radical (unpaired) electrons. The number of hydrogen-bond acceptors (Lipinski definition) is 3. The zero-order valence-corrected chi connectivity index (χ0v) is 12.7. The third-order valence-electron chi connectivity index (χ3n) is 3.68. The van der Waals surface area contributed by atoms with Crippen LogP contribution in [0.5, 0.6) is 0 Å². The molecule has 1 aliphatic carbocycles. The Morgan fingerprint density at radius 1 is 0.913 bits per heavy atom. The maximum absolute atomic E-state index is 12.4. The van der Waals surface area contributed by atoms with Gasteiger partial charge in [0.05, 0.1) is 0 Å². The molecule has 2 aromatic rings. The summed E-state index contributed by atoms with van der Waals surface area (Å²) in [6.45, 7) is 0. The number of rotatable bonds is 6. The molecular weight excluding hydrogens is 290 g/mol. The van der Waals surface area contributed by atoms with Crippen LogP contribution in [0.2, 0.25) is 0 Å². The molecule has 0 spiro atoms. The zero-order valence-electron chi connectivity index (χ0n) is 12.7. The number of carbonyl (C=O) groups excluding carboxylic acids is 2. The van der Waals surface area contributed by atoms with Gasteiger partial charge in [-0.05, 0) is 30.5 Å². The minimum Gasteiger partial charge on any atom is -0.352 e. The SMILES string of the molecule is O=C(NNC(C(=O)NC1CC1)c1ccccc1)c1ccccc1. The lowest BCUT2D eigenvalue weighted by Gasteiger charge is -2.19. The van der Waals surface area contributed by atoms with Crippen LogP contribution in [-0.2, 0) is 4.79 Å². The summed E-state index contributed by atoms with van der Waals surface area (Å²) in [5.74, 6) is -0.405.